The quantitative estimate of drug-likeness (QED) is 0.343. The predicted molar refractivity (Wildman–Crippen MR) is 134 cm³/mol. The van der Waals surface area contributed by atoms with E-state index in [9.17, 15) is 4.39 Å². The van der Waals surface area contributed by atoms with Crippen molar-refractivity contribution in [2.24, 2.45) is 4.99 Å². The van der Waals surface area contributed by atoms with Gasteiger partial charge in [-0.1, -0.05) is 6.08 Å². The SMILES string of the molecule is CSC=Nc1ccc(F)c(Nc2ccnc3sc(C4=CCN(C)C45CCOCC5)cc23)c1F. The van der Waals surface area contributed by atoms with Crippen molar-refractivity contribution >= 4 is 61.5 Å². The second kappa shape index (κ2) is 9.13. The Morgan fingerprint density at radius 1 is 1.27 bits per heavy atom. The fourth-order valence-electron chi connectivity index (χ4n) is 4.67. The molecule has 0 radical (unpaired) electrons. The van der Waals surface area contributed by atoms with Crippen LogP contribution in [0.3, 0.4) is 0 Å². The summed E-state index contributed by atoms with van der Waals surface area (Å²) in [6, 6.07) is 6.39. The number of hydrogen-bond acceptors (Lipinski definition) is 7. The Hall–Kier alpha value is -2.33. The highest BCUT2D eigenvalue weighted by Gasteiger charge is 2.44. The van der Waals surface area contributed by atoms with Crippen molar-refractivity contribution in [2.75, 3.05) is 38.4 Å². The van der Waals surface area contributed by atoms with E-state index in [1.165, 1.54) is 35.0 Å². The lowest BCUT2D eigenvalue weighted by atomic mass is 9.82. The number of benzene rings is 1. The van der Waals surface area contributed by atoms with Crippen LogP contribution in [0.15, 0.2) is 41.5 Å². The summed E-state index contributed by atoms with van der Waals surface area (Å²) in [6.45, 7) is 2.37. The molecule has 0 atom stereocenters. The molecule has 0 bridgehead atoms. The maximum absolute atomic E-state index is 15.0. The standard InChI is InChI=1S/C24H24F2N4OS2/c1-30-10-6-16(24(30)7-11-31-12-8-24)20-13-15-18(5-9-27-23(15)33-20)29-22-17(25)3-4-19(21(22)26)28-14-32-2/h3-6,9,13-14H,7-8,10-12H2,1-2H3,(H,27,29). The molecule has 172 valence electrons. The van der Waals surface area contributed by atoms with Gasteiger partial charge in [0.15, 0.2) is 5.82 Å². The molecule has 2 aliphatic heterocycles. The summed E-state index contributed by atoms with van der Waals surface area (Å²) in [5.74, 6) is -1.39. The Balaban J connectivity index is 1.53. The van der Waals surface area contributed by atoms with Gasteiger partial charge in [0.1, 0.15) is 22.0 Å². The average Bonchev–Trinajstić information content (AvgIpc) is 3.38. The van der Waals surface area contributed by atoms with E-state index < -0.39 is 11.6 Å². The van der Waals surface area contributed by atoms with Crippen LogP contribution in [-0.4, -0.2) is 54.0 Å². The molecule has 4 heterocycles. The molecule has 0 saturated carbocycles. The molecule has 5 nitrogen and oxygen atoms in total. The normalized spacial score (nSPS) is 18.5. The maximum atomic E-state index is 15.0. The van der Waals surface area contributed by atoms with Gasteiger partial charge in [-0.05, 0) is 56.0 Å². The van der Waals surface area contributed by atoms with Crippen LogP contribution in [0.2, 0.25) is 0 Å². The minimum absolute atomic E-state index is 0.0332. The smallest absolute Gasteiger partial charge is 0.175 e. The van der Waals surface area contributed by atoms with E-state index in [4.69, 9.17) is 4.74 Å². The van der Waals surface area contributed by atoms with Crippen molar-refractivity contribution in [1.29, 1.82) is 0 Å². The second-order valence-corrected chi connectivity index (χ2v) is 9.89. The van der Waals surface area contributed by atoms with Crippen molar-refractivity contribution in [3.05, 3.63) is 53.0 Å². The Morgan fingerprint density at radius 2 is 2.09 bits per heavy atom. The first-order valence-corrected chi connectivity index (χ1v) is 12.8. The molecule has 0 amide bonds. The number of halogens is 2. The van der Waals surface area contributed by atoms with Gasteiger partial charge in [0, 0.05) is 36.2 Å². The number of hydrogen-bond donors (Lipinski definition) is 1. The Bertz CT molecular complexity index is 1250. The summed E-state index contributed by atoms with van der Waals surface area (Å²) in [4.78, 5) is 13.0. The van der Waals surface area contributed by atoms with Gasteiger partial charge in [-0.15, -0.1) is 23.1 Å². The Kier molecular flexibility index (Phi) is 6.22. The number of ether oxygens (including phenoxy) is 1. The topological polar surface area (TPSA) is 49.8 Å². The molecule has 2 aromatic heterocycles. The van der Waals surface area contributed by atoms with E-state index in [0.29, 0.717) is 5.69 Å². The van der Waals surface area contributed by atoms with Crippen LogP contribution in [-0.2, 0) is 4.74 Å². The monoisotopic (exact) mass is 486 g/mol. The zero-order chi connectivity index (χ0) is 23.0. The van der Waals surface area contributed by atoms with Gasteiger partial charge in [0.25, 0.3) is 0 Å². The summed E-state index contributed by atoms with van der Waals surface area (Å²) in [5.41, 5.74) is 3.27. The Morgan fingerprint density at radius 3 is 2.88 bits per heavy atom. The highest BCUT2D eigenvalue weighted by molar-refractivity contribution is 8.11. The number of anilines is 2. The van der Waals surface area contributed by atoms with E-state index in [-0.39, 0.29) is 16.9 Å². The van der Waals surface area contributed by atoms with E-state index in [1.54, 1.807) is 23.6 Å². The molecule has 2 aliphatic rings. The van der Waals surface area contributed by atoms with Gasteiger partial charge >= 0.3 is 0 Å². The molecule has 1 saturated heterocycles. The zero-order valence-corrected chi connectivity index (χ0v) is 20.0. The van der Waals surface area contributed by atoms with Crippen LogP contribution in [0.4, 0.5) is 25.8 Å². The third-order valence-corrected chi connectivity index (χ3v) is 7.84. The highest BCUT2D eigenvalue weighted by Crippen LogP contribution is 2.47. The zero-order valence-electron chi connectivity index (χ0n) is 18.4. The second-order valence-electron chi connectivity index (χ2n) is 8.18. The van der Waals surface area contributed by atoms with E-state index >= 15 is 4.39 Å². The first kappa shape index (κ1) is 22.5. The first-order chi connectivity index (χ1) is 16.0. The number of likely N-dealkylation sites (N-methyl/N-ethyl adjacent to an activating group) is 1. The van der Waals surface area contributed by atoms with Crippen LogP contribution in [0.5, 0.6) is 0 Å². The van der Waals surface area contributed by atoms with E-state index in [1.807, 2.05) is 6.26 Å². The van der Waals surface area contributed by atoms with Crippen molar-refractivity contribution in [1.82, 2.24) is 9.88 Å². The van der Waals surface area contributed by atoms with Crippen molar-refractivity contribution in [3.8, 4) is 0 Å². The molecular weight excluding hydrogens is 462 g/mol. The van der Waals surface area contributed by atoms with Crippen LogP contribution in [0.25, 0.3) is 15.8 Å². The Labute approximate surface area is 199 Å². The lowest BCUT2D eigenvalue weighted by molar-refractivity contribution is 0.0221. The van der Waals surface area contributed by atoms with Crippen molar-refractivity contribution in [3.63, 3.8) is 0 Å². The van der Waals surface area contributed by atoms with Gasteiger partial charge in [0.05, 0.1) is 16.8 Å². The predicted octanol–water partition coefficient (Wildman–Crippen LogP) is 6.22. The number of fused-ring (bicyclic) bond motifs is 1. The third kappa shape index (κ3) is 3.97. The highest BCUT2D eigenvalue weighted by atomic mass is 32.2. The third-order valence-electron chi connectivity index (χ3n) is 6.45. The summed E-state index contributed by atoms with van der Waals surface area (Å²) in [7, 11) is 2.16. The lowest BCUT2D eigenvalue weighted by Gasteiger charge is -2.41. The number of nitrogens with one attached hydrogen (secondary N) is 1. The van der Waals surface area contributed by atoms with Gasteiger partial charge in [-0.25, -0.2) is 18.8 Å². The molecule has 0 unspecified atom stereocenters. The number of aliphatic imine (C=N–C) groups is 1. The number of thioether (sulfide) groups is 1. The van der Waals surface area contributed by atoms with Crippen molar-refractivity contribution in [2.45, 2.75) is 18.4 Å². The number of nitrogens with zero attached hydrogens (tertiary/aromatic N) is 3. The molecular formula is C24H24F2N4OS2. The number of aromatic nitrogens is 1. The molecule has 1 aromatic carbocycles. The largest absolute Gasteiger partial charge is 0.381 e. The maximum Gasteiger partial charge on any atom is 0.175 e. The van der Waals surface area contributed by atoms with Crippen LogP contribution >= 0.6 is 23.1 Å². The van der Waals surface area contributed by atoms with Crippen LogP contribution in [0, 0.1) is 11.6 Å². The number of thiophene rings is 1. The van der Waals surface area contributed by atoms with Gasteiger partial charge in [0.2, 0.25) is 0 Å². The van der Waals surface area contributed by atoms with Gasteiger partial charge in [-0.3, -0.25) is 4.90 Å². The van der Waals surface area contributed by atoms with Gasteiger partial charge in [-0.2, -0.15) is 0 Å². The van der Waals surface area contributed by atoms with E-state index in [0.717, 1.165) is 47.7 Å². The van der Waals surface area contributed by atoms with Gasteiger partial charge < -0.3 is 10.1 Å². The average molecular weight is 487 g/mol. The molecule has 0 aliphatic carbocycles. The number of rotatable bonds is 5. The molecule has 3 aromatic rings. The molecule has 5 rings (SSSR count). The molecule has 33 heavy (non-hydrogen) atoms. The fourth-order valence-corrected chi connectivity index (χ4v) is 6.05. The summed E-state index contributed by atoms with van der Waals surface area (Å²) >= 11 is 2.96. The molecule has 1 spiro atoms. The molecule has 1 fully saturated rings. The first-order valence-electron chi connectivity index (χ1n) is 10.7. The van der Waals surface area contributed by atoms with Crippen LogP contribution < -0.4 is 5.32 Å². The van der Waals surface area contributed by atoms with E-state index in [2.05, 4.69) is 39.4 Å². The van der Waals surface area contributed by atoms with Crippen molar-refractivity contribution < 1.29 is 13.5 Å². The minimum Gasteiger partial charge on any atom is -0.381 e. The lowest BCUT2D eigenvalue weighted by Crippen LogP contribution is -2.47. The summed E-state index contributed by atoms with van der Waals surface area (Å²) in [6.07, 6.45) is 7.67. The summed E-state index contributed by atoms with van der Waals surface area (Å²) in [5, 5.41) is 3.81. The summed E-state index contributed by atoms with van der Waals surface area (Å²) < 4.78 is 35.2. The fraction of sp³-hybridized carbons (Fsp3) is 0.333. The minimum atomic E-state index is -0.720. The van der Waals surface area contributed by atoms with Crippen LogP contribution in [0.1, 0.15) is 17.7 Å². The molecule has 1 N–H and O–H groups in total. The molecule has 9 heteroatoms. The number of pyridine rings is 1.